The van der Waals surface area contributed by atoms with Crippen molar-refractivity contribution in [2.24, 2.45) is 23.7 Å². The second-order valence-electron chi connectivity index (χ2n) is 11.0. The Morgan fingerprint density at radius 3 is 1.00 bits per heavy atom. The molecule has 3 atom stereocenters. The van der Waals surface area contributed by atoms with Crippen LogP contribution in [0.25, 0.3) is 0 Å². The summed E-state index contributed by atoms with van der Waals surface area (Å²) in [5, 5.41) is 0. The number of unbranched alkanes of at least 4 members (excludes halogenated alkanes) is 3. The fourth-order valence-corrected chi connectivity index (χ4v) is 28.5. The third-order valence-corrected chi connectivity index (χ3v) is 24.8. The molecule has 0 N–H and O–H groups in total. The molecule has 0 aliphatic rings. The maximum atomic E-state index is 2.54. The van der Waals surface area contributed by atoms with Crippen molar-refractivity contribution in [2.75, 3.05) is 0 Å². The van der Waals surface area contributed by atoms with E-state index in [0.29, 0.717) is 0 Å². The van der Waals surface area contributed by atoms with Crippen LogP contribution in [0.15, 0.2) is 0 Å². The van der Waals surface area contributed by atoms with Gasteiger partial charge < -0.3 is 0 Å². The zero-order valence-electron chi connectivity index (χ0n) is 22.1. The predicted molar refractivity (Wildman–Crippen MR) is 140 cm³/mol. The van der Waals surface area contributed by atoms with Crippen LogP contribution in [-0.2, 0) is 0 Å². The molecule has 176 valence electrons. The van der Waals surface area contributed by atoms with E-state index in [-0.39, 0.29) is 0 Å². The number of rotatable bonds is 20. The Morgan fingerprint density at radius 2 is 0.793 bits per heavy atom. The van der Waals surface area contributed by atoms with Crippen LogP contribution in [0.5, 0.6) is 0 Å². The van der Waals surface area contributed by atoms with Gasteiger partial charge in [-0.15, -0.1) is 0 Å². The Hall–Kier alpha value is 0.799. The minimum atomic E-state index is -2.21. The zero-order valence-corrected chi connectivity index (χ0v) is 25.0. The molecule has 0 saturated heterocycles. The summed E-state index contributed by atoms with van der Waals surface area (Å²) in [6.07, 6.45) is 17.4. The van der Waals surface area contributed by atoms with Crippen molar-refractivity contribution in [3.63, 3.8) is 0 Å². The number of hydrogen-bond donors (Lipinski definition) is 0. The number of hydrogen-bond acceptors (Lipinski definition) is 0. The summed E-state index contributed by atoms with van der Waals surface area (Å²) < 4.78 is 6.82. The summed E-state index contributed by atoms with van der Waals surface area (Å²) in [5.74, 6) is 4.03. The monoisotopic (exact) mass is 516 g/mol. The minimum absolute atomic E-state index is 0.918. The molecule has 0 bridgehead atoms. The van der Waals surface area contributed by atoms with Crippen molar-refractivity contribution >= 4 is 18.4 Å². The van der Waals surface area contributed by atoms with E-state index in [1.54, 1.807) is 17.7 Å². The van der Waals surface area contributed by atoms with Gasteiger partial charge in [-0.1, -0.05) is 0 Å². The van der Waals surface area contributed by atoms with Gasteiger partial charge in [-0.3, -0.25) is 0 Å². The molecule has 3 unspecified atom stereocenters. The Balaban J connectivity index is 5.70. The van der Waals surface area contributed by atoms with E-state index in [4.69, 9.17) is 0 Å². The van der Waals surface area contributed by atoms with Crippen LogP contribution in [0.3, 0.4) is 0 Å². The van der Waals surface area contributed by atoms with Gasteiger partial charge in [0.1, 0.15) is 0 Å². The van der Waals surface area contributed by atoms with Gasteiger partial charge in [0.15, 0.2) is 0 Å². The van der Waals surface area contributed by atoms with Crippen LogP contribution >= 0.6 is 0 Å². The molecule has 0 heterocycles. The SMILES string of the molecule is CCCCC(CC)[CH2][Sn]([CH2]C(C)C)([CH2]C(CC)CCCC)[CH2]C(CC)CCCC. The molecular formula is C28H60Sn. The maximum absolute atomic E-state index is 2.54. The quantitative estimate of drug-likeness (QED) is 0.142. The second kappa shape index (κ2) is 18.4. The summed E-state index contributed by atoms with van der Waals surface area (Å²) in [5.41, 5.74) is 0. The van der Waals surface area contributed by atoms with Gasteiger partial charge in [0.25, 0.3) is 0 Å². The fourth-order valence-electron chi connectivity index (χ4n) is 6.03. The van der Waals surface area contributed by atoms with E-state index in [9.17, 15) is 0 Å². The van der Waals surface area contributed by atoms with Crippen molar-refractivity contribution < 1.29 is 0 Å². The molecule has 0 aromatic carbocycles. The van der Waals surface area contributed by atoms with Crippen molar-refractivity contribution in [3.8, 4) is 0 Å². The van der Waals surface area contributed by atoms with Crippen molar-refractivity contribution in [2.45, 2.75) is 150 Å². The summed E-state index contributed by atoms with van der Waals surface area (Å²) >= 11 is -2.21. The molecule has 0 aromatic rings. The van der Waals surface area contributed by atoms with Crippen LogP contribution in [0, 0.1) is 23.7 Å². The van der Waals surface area contributed by atoms with Crippen LogP contribution in [-0.4, -0.2) is 18.4 Å². The fraction of sp³-hybridized carbons (Fsp3) is 1.00. The Labute approximate surface area is 191 Å². The molecule has 0 aliphatic heterocycles. The first-order chi connectivity index (χ1) is 13.9. The molecule has 0 saturated carbocycles. The first kappa shape index (κ1) is 29.8. The van der Waals surface area contributed by atoms with Gasteiger partial charge in [0, 0.05) is 0 Å². The third kappa shape index (κ3) is 13.7. The second-order valence-corrected chi connectivity index (χ2v) is 24.2. The molecule has 1 heteroatoms. The van der Waals surface area contributed by atoms with E-state index in [1.807, 2.05) is 0 Å². The average Bonchev–Trinajstić information content (AvgIpc) is 2.70. The molecule has 0 aromatic heterocycles. The van der Waals surface area contributed by atoms with Gasteiger partial charge in [-0.05, 0) is 0 Å². The first-order valence-electron chi connectivity index (χ1n) is 13.9. The van der Waals surface area contributed by atoms with E-state index in [0.717, 1.165) is 23.7 Å². The van der Waals surface area contributed by atoms with E-state index < -0.39 is 18.4 Å². The van der Waals surface area contributed by atoms with Crippen molar-refractivity contribution in [1.82, 2.24) is 0 Å². The predicted octanol–water partition coefficient (Wildman–Crippen LogP) is 10.7. The normalized spacial score (nSPS) is 17.3. The third-order valence-electron chi connectivity index (χ3n) is 7.64. The summed E-state index contributed by atoms with van der Waals surface area (Å²) in [6.45, 7) is 19.7. The van der Waals surface area contributed by atoms with E-state index >= 15 is 0 Å². The molecule has 0 spiro atoms. The molecular weight excluding hydrogens is 455 g/mol. The topological polar surface area (TPSA) is 0 Å². The van der Waals surface area contributed by atoms with Crippen molar-refractivity contribution in [3.05, 3.63) is 0 Å². The first-order valence-corrected chi connectivity index (χ1v) is 22.0. The molecule has 0 rings (SSSR count). The molecule has 29 heavy (non-hydrogen) atoms. The summed E-state index contributed by atoms with van der Waals surface area (Å²) in [6, 6.07) is 0. The van der Waals surface area contributed by atoms with Gasteiger partial charge in [0.05, 0.1) is 0 Å². The Kier molecular flexibility index (Phi) is 18.9. The molecule has 0 fully saturated rings. The summed E-state index contributed by atoms with van der Waals surface area (Å²) in [4.78, 5) is 0. The molecule has 0 aliphatic carbocycles. The zero-order chi connectivity index (χ0) is 22.1. The van der Waals surface area contributed by atoms with Gasteiger partial charge in [-0.2, -0.15) is 0 Å². The van der Waals surface area contributed by atoms with Gasteiger partial charge >= 0.3 is 192 Å². The average molecular weight is 515 g/mol. The van der Waals surface area contributed by atoms with Crippen LogP contribution < -0.4 is 0 Å². The van der Waals surface area contributed by atoms with Crippen LogP contribution in [0.4, 0.5) is 0 Å². The molecule has 0 nitrogen and oxygen atoms in total. The standard InChI is InChI=1S/3C8H17.C4H9.Sn/c3*1-4-6-7-8(3)5-2;1-4(2)3;/h3*8H,3-7H2,1-2H3;4H,1H2,2-3H3;. The van der Waals surface area contributed by atoms with E-state index in [2.05, 4.69) is 55.4 Å². The molecule has 0 amide bonds. The van der Waals surface area contributed by atoms with Crippen LogP contribution in [0.1, 0.15) is 132 Å². The van der Waals surface area contributed by atoms with Crippen LogP contribution in [0.2, 0.25) is 17.7 Å². The van der Waals surface area contributed by atoms with E-state index in [1.165, 1.54) is 77.0 Å². The van der Waals surface area contributed by atoms with Gasteiger partial charge in [-0.25, -0.2) is 0 Å². The van der Waals surface area contributed by atoms with Crippen molar-refractivity contribution in [1.29, 1.82) is 0 Å². The van der Waals surface area contributed by atoms with Gasteiger partial charge in [0.2, 0.25) is 0 Å². The summed E-state index contributed by atoms with van der Waals surface area (Å²) in [7, 11) is 0. The Bertz CT molecular complexity index is 303. The Morgan fingerprint density at radius 1 is 0.483 bits per heavy atom. The molecule has 0 radical (unpaired) electrons.